The third-order valence-corrected chi connectivity index (χ3v) is 2.59. The summed E-state index contributed by atoms with van der Waals surface area (Å²) in [6.45, 7) is 2.64. The Labute approximate surface area is 119 Å². The topological polar surface area (TPSA) is 57.1 Å². The van der Waals surface area contributed by atoms with Gasteiger partial charge in [0.15, 0.2) is 0 Å². The summed E-state index contributed by atoms with van der Waals surface area (Å²) in [7, 11) is 0. The van der Waals surface area contributed by atoms with E-state index in [0.717, 1.165) is 16.9 Å². The molecular weight excluding hydrogens is 262 g/mol. The summed E-state index contributed by atoms with van der Waals surface area (Å²) in [5, 5.41) is 9.24. The van der Waals surface area contributed by atoms with Gasteiger partial charge in [-0.15, -0.1) is 0 Å². The number of ether oxygens (including phenoxy) is 1. The van der Waals surface area contributed by atoms with Crippen molar-refractivity contribution >= 4 is 0 Å². The van der Waals surface area contributed by atoms with Gasteiger partial charge in [-0.2, -0.15) is 0 Å². The molecule has 0 aromatic heterocycles. The Balaban J connectivity index is 0.00000180. The van der Waals surface area contributed by atoms with Crippen molar-refractivity contribution in [1.82, 2.24) is 0 Å². The fourth-order valence-electron chi connectivity index (χ4n) is 1.64. The third-order valence-electron chi connectivity index (χ3n) is 2.59. The third kappa shape index (κ3) is 4.47. The fraction of sp³-hybridized carbons (Fsp3) is 0.200. The Kier molecular flexibility index (Phi) is 5.67. The second kappa shape index (κ2) is 7.02. The Morgan fingerprint density at radius 3 is 1.95 bits per heavy atom. The van der Waals surface area contributed by atoms with Crippen LogP contribution in [0.3, 0.4) is 0 Å². The zero-order valence-electron chi connectivity index (χ0n) is 10.8. The first kappa shape index (κ1) is 15.3. The van der Waals surface area contributed by atoms with Gasteiger partial charge >= 0.3 is 0 Å². The van der Waals surface area contributed by atoms with Crippen LogP contribution >= 0.6 is 0 Å². The van der Waals surface area contributed by atoms with Crippen molar-refractivity contribution in [3.8, 4) is 22.6 Å². The maximum Gasteiger partial charge on any atom is 0.139 e. The summed E-state index contributed by atoms with van der Waals surface area (Å²) in [4.78, 5) is 0. The van der Waals surface area contributed by atoms with E-state index < -0.39 is 0 Å². The lowest BCUT2D eigenvalue weighted by molar-refractivity contribution is -0.417. The molecule has 0 saturated carbocycles. The molecule has 102 valence electrons. The first-order valence-corrected chi connectivity index (χ1v) is 6.00. The summed E-state index contributed by atoms with van der Waals surface area (Å²) in [6.07, 6.45) is 0. The summed E-state index contributed by atoms with van der Waals surface area (Å²) in [6, 6.07) is 15.3. The molecule has 3 nitrogen and oxygen atoms in total. The lowest BCUT2D eigenvalue weighted by Crippen LogP contribution is -3.00. The molecule has 0 fully saturated rings. The molecule has 0 radical (unpaired) electrons. The molecule has 0 aliphatic rings. The highest BCUT2D eigenvalue weighted by atomic mass is 35.5. The van der Waals surface area contributed by atoms with E-state index in [-0.39, 0.29) is 24.2 Å². The Morgan fingerprint density at radius 1 is 1.00 bits per heavy atom. The van der Waals surface area contributed by atoms with Crippen molar-refractivity contribution in [2.75, 3.05) is 6.61 Å². The highest BCUT2D eigenvalue weighted by molar-refractivity contribution is 5.64. The van der Waals surface area contributed by atoms with Crippen molar-refractivity contribution in [2.45, 2.75) is 13.0 Å². The van der Waals surface area contributed by atoms with Crippen molar-refractivity contribution < 1.29 is 28.0 Å². The second-order valence-corrected chi connectivity index (χ2v) is 4.49. The molecule has 4 heteroatoms. The van der Waals surface area contributed by atoms with Gasteiger partial charge in [0.1, 0.15) is 24.1 Å². The van der Waals surface area contributed by atoms with Crippen molar-refractivity contribution in [3.63, 3.8) is 0 Å². The highest BCUT2D eigenvalue weighted by Gasteiger charge is 2.01. The zero-order chi connectivity index (χ0) is 13.0. The van der Waals surface area contributed by atoms with E-state index in [1.54, 1.807) is 12.1 Å². The predicted molar refractivity (Wildman–Crippen MR) is 71.4 cm³/mol. The molecule has 0 aliphatic heterocycles. The van der Waals surface area contributed by atoms with Crippen LogP contribution in [0.25, 0.3) is 11.1 Å². The normalized spacial score (nSPS) is 11.5. The molecule has 0 amide bonds. The molecule has 19 heavy (non-hydrogen) atoms. The zero-order valence-corrected chi connectivity index (χ0v) is 11.6. The Bertz CT molecular complexity index is 495. The van der Waals surface area contributed by atoms with Gasteiger partial charge in [-0.05, 0) is 42.3 Å². The smallest absolute Gasteiger partial charge is 0.139 e. The van der Waals surface area contributed by atoms with Gasteiger partial charge in [0.25, 0.3) is 0 Å². The standard InChI is InChI=1S/C15H17NO2.ClH/c1-11(16)10-18-15-8-4-13(5-9-15)12-2-6-14(17)7-3-12;/h2-9,11,17H,10,16H2,1H3;1H. The number of rotatable bonds is 4. The monoisotopic (exact) mass is 279 g/mol. The molecule has 0 saturated heterocycles. The fourth-order valence-corrected chi connectivity index (χ4v) is 1.64. The lowest BCUT2D eigenvalue weighted by atomic mass is 10.1. The molecule has 0 aliphatic carbocycles. The van der Waals surface area contributed by atoms with Crippen LogP contribution in [0.2, 0.25) is 0 Å². The number of aromatic hydroxyl groups is 1. The molecule has 0 bridgehead atoms. The second-order valence-electron chi connectivity index (χ2n) is 4.49. The average Bonchev–Trinajstić information content (AvgIpc) is 2.38. The van der Waals surface area contributed by atoms with Crippen LogP contribution in [0.1, 0.15) is 6.92 Å². The van der Waals surface area contributed by atoms with Crippen molar-refractivity contribution in [2.24, 2.45) is 0 Å². The molecule has 1 unspecified atom stereocenters. The van der Waals surface area contributed by atoms with Crippen LogP contribution in [-0.2, 0) is 0 Å². The maximum absolute atomic E-state index is 9.24. The van der Waals surface area contributed by atoms with Gasteiger partial charge in [0, 0.05) is 0 Å². The number of benzene rings is 2. The maximum atomic E-state index is 9.24. The molecular formula is C15H18ClNO2. The predicted octanol–water partition coefficient (Wildman–Crippen LogP) is -0.928. The summed E-state index contributed by atoms with van der Waals surface area (Å²) in [5.41, 5.74) is 6.05. The van der Waals surface area contributed by atoms with Gasteiger partial charge < -0.3 is 28.0 Å². The summed E-state index contributed by atoms with van der Waals surface area (Å²) >= 11 is 0. The Morgan fingerprint density at radius 2 is 1.47 bits per heavy atom. The van der Waals surface area contributed by atoms with E-state index in [2.05, 4.69) is 5.73 Å². The van der Waals surface area contributed by atoms with Gasteiger partial charge in [-0.25, -0.2) is 0 Å². The quantitative estimate of drug-likeness (QED) is 0.760. The molecule has 0 heterocycles. The van der Waals surface area contributed by atoms with E-state index in [4.69, 9.17) is 4.74 Å². The van der Waals surface area contributed by atoms with Crippen LogP contribution in [0.5, 0.6) is 11.5 Å². The minimum absolute atomic E-state index is 0. The van der Waals surface area contributed by atoms with Crippen molar-refractivity contribution in [1.29, 1.82) is 0 Å². The first-order valence-electron chi connectivity index (χ1n) is 6.00. The minimum Gasteiger partial charge on any atom is -1.00 e. The highest BCUT2D eigenvalue weighted by Crippen LogP contribution is 2.24. The van der Waals surface area contributed by atoms with Crippen molar-refractivity contribution in [3.05, 3.63) is 48.5 Å². The number of hydrogen-bond donors (Lipinski definition) is 2. The van der Waals surface area contributed by atoms with Crippen LogP contribution in [0, 0.1) is 0 Å². The number of phenolic OH excluding ortho intramolecular Hbond substituents is 1. The summed E-state index contributed by atoms with van der Waals surface area (Å²) in [5.74, 6) is 1.14. The average molecular weight is 280 g/mol. The van der Waals surface area contributed by atoms with E-state index in [1.807, 2.05) is 43.3 Å². The Hall–Kier alpha value is -1.71. The molecule has 2 rings (SSSR count). The van der Waals surface area contributed by atoms with Gasteiger partial charge in [0.2, 0.25) is 0 Å². The number of quaternary nitrogens is 1. The van der Waals surface area contributed by atoms with E-state index >= 15 is 0 Å². The first-order chi connectivity index (χ1) is 8.65. The van der Waals surface area contributed by atoms with Gasteiger partial charge in [0.05, 0.1) is 0 Å². The van der Waals surface area contributed by atoms with Crippen LogP contribution in [0.4, 0.5) is 0 Å². The molecule has 0 spiro atoms. The SMILES string of the molecule is CC([NH3+])COc1ccc(-c2ccc(O)cc2)cc1.[Cl-]. The van der Waals surface area contributed by atoms with Crippen LogP contribution in [0.15, 0.2) is 48.5 Å². The molecule has 4 N–H and O–H groups in total. The molecule has 2 aromatic carbocycles. The number of halogens is 1. The minimum atomic E-state index is 0. The van der Waals surface area contributed by atoms with E-state index in [1.165, 1.54) is 0 Å². The number of hydrogen-bond acceptors (Lipinski definition) is 2. The van der Waals surface area contributed by atoms with Gasteiger partial charge in [-0.1, -0.05) is 24.3 Å². The van der Waals surface area contributed by atoms with Crippen LogP contribution in [-0.4, -0.2) is 17.8 Å². The van der Waals surface area contributed by atoms with E-state index in [0.29, 0.717) is 6.61 Å². The lowest BCUT2D eigenvalue weighted by Gasteiger charge is -2.08. The van der Waals surface area contributed by atoms with Gasteiger partial charge in [-0.3, -0.25) is 0 Å². The summed E-state index contributed by atoms with van der Waals surface area (Å²) < 4.78 is 5.57. The molecule has 2 aromatic rings. The molecule has 1 atom stereocenters. The number of phenols is 1. The largest absolute Gasteiger partial charge is 1.00 e. The van der Waals surface area contributed by atoms with Crippen LogP contribution < -0.4 is 22.9 Å². The van der Waals surface area contributed by atoms with E-state index in [9.17, 15) is 5.11 Å².